The molecule has 1 heterocycles. The molecule has 0 saturated carbocycles. The molecule has 0 radical (unpaired) electrons. The maximum atomic E-state index is 14.1. The van der Waals surface area contributed by atoms with E-state index in [9.17, 15) is 9.18 Å². The summed E-state index contributed by atoms with van der Waals surface area (Å²) >= 11 is 0. The van der Waals surface area contributed by atoms with Crippen LogP contribution in [-0.4, -0.2) is 9.97 Å². The topological polar surface area (TPSA) is 45.8 Å². The van der Waals surface area contributed by atoms with E-state index in [1.54, 1.807) is 12.1 Å². The van der Waals surface area contributed by atoms with Crippen molar-refractivity contribution in [1.29, 1.82) is 0 Å². The Morgan fingerprint density at radius 2 is 1.65 bits per heavy atom. The average molecular weight is 344 g/mol. The fraction of sp³-hybridized carbons (Fsp3) is 0.0909. The fourth-order valence-corrected chi connectivity index (χ4v) is 3.11. The molecule has 26 heavy (non-hydrogen) atoms. The summed E-state index contributed by atoms with van der Waals surface area (Å²) in [4.78, 5) is 19.8. The van der Waals surface area contributed by atoms with E-state index in [4.69, 9.17) is 0 Å². The van der Waals surface area contributed by atoms with Crippen LogP contribution in [-0.2, 0) is 0 Å². The Kier molecular flexibility index (Phi) is 3.88. The second kappa shape index (κ2) is 6.23. The lowest BCUT2D eigenvalue weighted by Gasteiger charge is -2.08. The van der Waals surface area contributed by atoms with E-state index in [-0.39, 0.29) is 11.4 Å². The van der Waals surface area contributed by atoms with Gasteiger partial charge in [-0.25, -0.2) is 9.37 Å². The van der Waals surface area contributed by atoms with Crippen LogP contribution >= 0.6 is 0 Å². The molecule has 1 N–H and O–H groups in total. The van der Waals surface area contributed by atoms with Crippen LogP contribution in [0.1, 0.15) is 11.1 Å². The molecule has 4 aromatic rings. The first-order valence-electron chi connectivity index (χ1n) is 8.39. The smallest absolute Gasteiger partial charge is 0.259 e. The Morgan fingerprint density at radius 1 is 0.923 bits per heavy atom. The number of aromatic amines is 1. The van der Waals surface area contributed by atoms with Crippen molar-refractivity contribution in [1.82, 2.24) is 9.97 Å². The molecular weight excluding hydrogens is 327 g/mol. The van der Waals surface area contributed by atoms with Crippen LogP contribution in [0.15, 0.2) is 65.5 Å². The van der Waals surface area contributed by atoms with Gasteiger partial charge in [0.25, 0.3) is 5.56 Å². The molecule has 0 bridgehead atoms. The van der Waals surface area contributed by atoms with Gasteiger partial charge in [-0.05, 0) is 43.2 Å². The number of halogens is 1. The predicted octanol–water partition coefficient (Wildman–Crippen LogP) is 5.01. The highest BCUT2D eigenvalue weighted by Gasteiger charge is 2.09. The molecule has 0 fully saturated rings. The summed E-state index contributed by atoms with van der Waals surface area (Å²) in [5.41, 5.74) is 4.61. The molecule has 3 aromatic carbocycles. The molecule has 4 heteroatoms. The van der Waals surface area contributed by atoms with Gasteiger partial charge in [-0.15, -0.1) is 0 Å². The van der Waals surface area contributed by atoms with Gasteiger partial charge in [-0.2, -0.15) is 0 Å². The van der Waals surface area contributed by atoms with Crippen LogP contribution in [0.5, 0.6) is 0 Å². The van der Waals surface area contributed by atoms with Gasteiger partial charge in [-0.3, -0.25) is 4.79 Å². The number of aryl methyl sites for hydroxylation is 2. The molecule has 0 amide bonds. The second-order valence-corrected chi connectivity index (χ2v) is 6.45. The van der Waals surface area contributed by atoms with Crippen LogP contribution in [0, 0.1) is 19.7 Å². The lowest BCUT2D eigenvalue weighted by atomic mass is 10.0. The summed E-state index contributed by atoms with van der Waals surface area (Å²) in [7, 11) is 0. The number of nitrogens with zero attached hydrogens (tertiary/aromatic N) is 1. The fourth-order valence-electron chi connectivity index (χ4n) is 3.11. The number of rotatable bonds is 2. The number of hydrogen-bond acceptors (Lipinski definition) is 2. The summed E-state index contributed by atoms with van der Waals surface area (Å²) in [6, 6.07) is 18.0. The van der Waals surface area contributed by atoms with Crippen molar-refractivity contribution in [3.8, 4) is 22.5 Å². The minimum absolute atomic E-state index is 0.164. The lowest BCUT2D eigenvalue weighted by molar-refractivity contribution is 0.631. The third kappa shape index (κ3) is 2.80. The molecule has 0 aliphatic rings. The van der Waals surface area contributed by atoms with Crippen molar-refractivity contribution in [2.24, 2.45) is 0 Å². The number of para-hydroxylation sites is 1. The Hall–Kier alpha value is -3.27. The molecule has 128 valence electrons. The van der Waals surface area contributed by atoms with E-state index in [0.29, 0.717) is 22.3 Å². The van der Waals surface area contributed by atoms with Gasteiger partial charge in [0.1, 0.15) is 11.6 Å². The predicted molar refractivity (Wildman–Crippen MR) is 103 cm³/mol. The minimum Gasteiger partial charge on any atom is -0.306 e. The Morgan fingerprint density at radius 3 is 2.42 bits per heavy atom. The normalized spacial score (nSPS) is 11.0. The van der Waals surface area contributed by atoms with Gasteiger partial charge in [0.2, 0.25) is 0 Å². The maximum absolute atomic E-state index is 14.1. The zero-order valence-corrected chi connectivity index (χ0v) is 14.5. The lowest BCUT2D eigenvalue weighted by Crippen LogP contribution is -2.10. The summed E-state index contributed by atoms with van der Waals surface area (Å²) in [5, 5.41) is 0.576. The van der Waals surface area contributed by atoms with Crippen LogP contribution in [0.25, 0.3) is 33.4 Å². The maximum Gasteiger partial charge on any atom is 0.259 e. The molecule has 0 unspecified atom stereocenters. The molecular formula is C22H17FN2O. The molecule has 0 saturated heterocycles. The summed E-state index contributed by atoms with van der Waals surface area (Å²) < 4.78 is 14.1. The molecule has 1 aromatic heterocycles. The second-order valence-electron chi connectivity index (χ2n) is 6.45. The average Bonchev–Trinajstić information content (AvgIpc) is 2.65. The highest BCUT2D eigenvalue weighted by molar-refractivity contribution is 5.82. The van der Waals surface area contributed by atoms with E-state index in [2.05, 4.69) is 9.97 Å². The third-order valence-corrected chi connectivity index (χ3v) is 4.53. The highest BCUT2D eigenvalue weighted by Crippen LogP contribution is 2.26. The first-order chi connectivity index (χ1) is 12.5. The highest BCUT2D eigenvalue weighted by atomic mass is 19.1. The number of nitrogens with one attached hydrogen (secondary N) is 1. The van der Waals surface area contributed by atoms with E-state index >= 15 is 0 Å². The van der Waals surface area contributed by atoms with Gasteiger partial charge in [0.05, 0.1) is 10.9 Å². The van der Waals surface area contributed by atoms with Crippen LogP contribution in [0.4, 0.5) is 4.39 Å². The number of fused-ring (bicyclic) bond motifs is 1. The first kappa shape index (κ1) is 16.2. The molecule has 0 aliphatic heterocycles. The van der Waals surface area contributed by atoms with Gasteiger partial charge in [0, 0.05) is 11.1 Å². The van der Waals surface area contributed by atoms with Crippen molar-refractivity contribution in [3.05, 3.63) is 88.0 Å². The number of hydrogen-bond donors (Lipinski definition) is 1. The SMILES string of the molecule is Cc1ccc(F)c(-c2ccc(-c3nc4c(C)cccc4c(=O)[nH]3)cc2)c1. The van der Waals surface area contributed by atoms with Crippen molar-refractivity contribution in [3.63, 3.8) is 0 Å². The Labute approximate surface area is 150 Å². The molecule has 4 rings (SSSR count). The first-order valence-corrected chi connectivity index (χ1v) is 8.39. The standard InChI is InChI=1S/C22H17FN2O/c1-13-6-11-19(23)18(12-13)15-7-9-16(10-8-15)21-24-20-14(2)4-3-5-17(20)22(26)25-21/h3-12H,1-2H3,(H,24,25,26). The van der Waals surface area contributed by atoms with Gasteiger partial charge >= 0.3 is 0 Å². The quantitative estimate of drug-likeness (QED) is 0.555. The zero-order chi connectivity index (χ0) is 18.3. The number of benzene rings is 3. The molecule has 0 spiro atoms. The third-order valence-electron chi connectivity index (χ3n) is 4.53. The summed E-state index contributed by atoms with van der Waals surface area (Å²) in [6.07, 6.45) is 0. The number of H-pyrrole nitrogens is 1. The minimum atomic E-state index is -0.254. The Balaban J connectivity index is 1.80. The van der Waals surface area contributed by atoms with Gasteiger partial charge < -0.3 is 4.98 Å². The van der Waals surface area contributed by atoms with Gasteiger partial charge in [0.15, 0.2) is 0 Å². The van der Waals surface area contributed by atoms with Gasteiger partial charge in [-0.1, -0.05) is 48.0 Å². The number of aromatic nitrogens is 2. The largest absolute Gasteiger partial charge is 0.306 e. The molecule has 0 atom stereocenters. The molecule has 3 nitrogen and oxygen atoms in total. The van der Waals surface area contributed by atoms with Crippen molar-refractivity contribution >= 4 is 10.9 Å². The van der Waals surface area contributed by atoms with Crippen LogP contribution < -0.4 is 5.56 Å². The van der Waals surface area contributed by atoms with Crippen molar-refractivity contribution in [2.45, 2.75) is 13.8 Å². The zero-order valence-electron chi connectivity index (χ0n) is 14.5. The molecule has 0 aliphatic carbocycles. The van der Waals surface area contributed by atoms with Crippen molar-refractivity contribution in [2.75, 3.05) is 0 Å². The van der Waals surface area contributed by atoms with Crippen LogP contribution in [0.3, 0.4) is 0 Å². The van der Waals surface area contributed by atoms with Crippen molar-refractivity contribution < 1.29 is 4.39 Å². The van der Waals surface area contributed by atoms with Crippen LogP contribution in [0.2, 0.25) is 0 Å². The monoisotopic (exact) mass is 344 g/mol. The van der Waals surface area contributed by atoms with E-state index in [1.165, 1.54) is 6.07 Å². The Bertz CT molecular complexity index is 1180. The summed E-state index contributed by atoms with van der Waals surface area (Å²) in [5.74, 6) is 0.254. The van der Waals surface area contributed by atoms with E-state index in [1.807, 2.05) is 56.3 Å². The van der Waals surface area contributed by atoms with E-state index < -0.39 is 0 Å². The summed E-state index contributed by atoms with van der Waals surface area (Å²) in [6.45, 7) is 3.87. The van der Waals surface area contributed by atoms with E-state index in [0.717, 1.165) is 22.3 Å².